The Labute approximate surface area is 176 Å². The van der Waals surface area contributed by atoms with Gasteiger partial charge in [0.25, 0.3) is 11.8 Å². The smallest absolute Gasteiger partial charge is 0.307 e. The average molecular weight is 447 g/mol. The zero-order valence-corrected chi connectivity index (χ0v) is 17.3. The minimum absolute atomic E-state index is 0.0843. The second kappa shape index (κ2) is 9.61. The van der Waals surface area contributed by atoms with Crippen LogP contribution in [0.25, 0.3) is 10.8 Å². The van der Waals surface area contributed by atoms with Crippen molar-refractivity contribution in [2.24, 2.45) is 0 Å². The van der Waals surface area contributed by atoms with E-state index in [2.05, 4.69) is 10.0 Å². The lowest BCUT2D eigenvalue weighted by Crippen LogP contribution is -2.34. The molecule has 156 valence electrons. The highest BCUT2D eigenvalue weighted by atomic mass is 32.2. The molecule has 0 spiro atoms. The van der Waals surface area contributed by atoms with Crippen LogP contribution in [-0.4, -0.2) is 39.4 Å². The molecule has 2 N–H and O–H groups in total. The average Bonchev–Trinajstić information content (AvgIpc) is 3.27. The zero-order valence-electron chi connectivity index (χ0n) is 15.7. The van der Waals surface area contributed by atoms with Crippen LogP contribution >= 0.6 is 11.3 Å². The van der Waals surface area contributed by atoms with Crippen molar-refractivity contribution in [2.75, 3.05) is 13.2 Å². The number of benzene rings is 2. The summed E-state index contributed by atoms with van der Waals surface area (Å²) in [6, 6.07) is 15.3. The van der Waals surface area contributed by atoms with Gasteiger partial charge in [-0.05, 0) is 34.4 Å². The first kappa shape index (κ1) is 21.6. The molecule has 0 saturated carbocycles. The first-order valence-corrected chi connectivity index (χ1v) is 11.2. The highest BCUT2D eigenvalue weighted by Gasteiger charge is 2.16. The molecule has 3 rings (SSSR count). The van der Waals surface area contributed by atoms with Crippen molar-refractivity contribution < 1.29 is 27.5 Å². The van der Waals surface area contributed by atoms with E-state index in [1.807, 2.05) is 18.2 Å². The number of amides is 2. The Balaban J connectivity index is 1.44. The van der Waals surface area contributed by atoms with Crippen LogP contribution in [0, 0.1) is 0 Å². The van der Waals surface area contributed by atoms with Crippen LogP contribution < -0.4 is 10.0 Å². The van der Waals surface area contributed by atoms with Crippen molar-refractivity contribution in [3.8, 4) is 0 Å². The minimum Gasteiger partial charge on any atom is -0.456 e. The molecular formula is C20H18N2O6S2. The van der Waals surface area contributed by atoms with Crippen LogP contribution in [0.5, 0.6) is 0 Å². The van der Waals surface area contributed by atoms with Gasteiger partial charge < -0.3 is 4.74 Å². The van der Waals surface area contributed by atoms with Gasteiger partial charge in [-0.15, -0.1) is 11.3 Å². The number of carbonyl (C=O) groups excluding carboxylic acids is 3. The number of carbonyl (C=O) groups is 3. The maximum atomic E-state index is 12.4. The van der Waals surface area contributed by atoms with Crippen LogP contribution in [-0.2, 0) is 24.3 Å². The fraction of sp³-hybridized carbons (Fsp3) is 0.150. The molecule has 0 fully saturated rings. The molecule has 1 heterocycles. The molecule has 30 heavy (non-hydrogen) atoms. The van der Waals surface area contributed by atoms with Crippen molar-refractivity contribution in [3.05, 3.63) is 64.9 Å². The largest absolute Gasteiger partial charge is 0.456 e. The Morgan fingerprint density at radius 1 is 0.967 bits per heavy atom. The maximum Gasteiger partial charge on any atom is 0.307 e. The number of hydrogen-bond acceptors (Lipinski definition) is 7. The third-order valence-electron chi connectivity index (χ3n) is 4.01. The molecule has 10 heteroatoms. The highest BCUT2D eigenvalue weighted by Crippen LogP contribution is 2.18. The molecular weight excluding hydrogens is 428 g/mol. The van der Waals surface area contributed by atoms with Gasteiger partial charge in [-0.1, -0.05) is 36.4 Å². The van der Waals surface area contributed by atoms with Gasteiger partial charge in [-0.2, -0.15) is 0 Å². The summed E-state index contributed by atoms with van der Waals surface area (Å²) in [5.74, 6) is -2.11. The van der Waals surface area contributed by atoms with Gasteiger partial charge in [0.15, 0.2) is 6.61 Å². The zero-order chi connectivity index (χ0) is 21.6. The summed E-state index contributed by atoms with van der Waals surface area (Å²) in [5, 5.41) is 5.48. The highest BCUT2D eigenvalue weighted by molar-refractivity contribution is 7.89. The summed E-state index contributed by atoms with van der Waals surface area (Å²) in [4.78, 5) is 35.6. The number of ether oxygens (including phenoxy) is 1. The van der Waals surface area contributed by atoms with Gasteiger partial charge in [0.1, 0.15) is 0 Å². The van der Waals surface area contributed by atoms with E-state index < -0.39 is 34.4 Å². The number of esters is 1. The lowest BCUT2D eigenvalue weighted by atomic mass is 10.1. The van der Waals surface area contributed by atoms with E-state index in [0.29, 0.717) is 4.88 Å². The summed E-state index contributed by atoms with van der Waals surface area (Å²) in [5.41, 5.74) is 0. The van der Waals surface area contributed by atoms with E-state index in [9.17, 15) is 22.8 Å². The SMILES string of the molecule is O=C(COC(=O)CCNS(=O)(=O)c1ccc2ccccc2c1)NC(=O)c1cccs1. The predicted octanol–water partition coefficient (Wildman–Crippen LogP) is 2.07. The second-order valence-corrected chi connectivity index (χ2v) is 8.89. The molecule has 2 aromatic carbocycles. The lowest BCUT2D eigenvalue weighted by molar-refractivity contribution is -0.148. The summed E-state index contributed by atoms with van der Waals surface area (Å²) in [6.07, 6.45) is -0.265. The second-order valence-electron chi connectivity index (χ2n) is 6.17. The predicted molar refractivity (Wildman–Crippen MR) is 112 cm³/mol. The molecule has 0 bridgehead atoms. The van der Waals surface area contributed by atoms with Gasteiger partial charge in [0, 0.05) is 6.54 Å². The molecule has 0 aliphatic carbocycles. The molecule has 8 nitrogen and oxygen atoms in total. The third-order valence-corrected chi connectivity index (χ3v) is 6.34. The van der Waals surface area contributed by atoms with Crippen LogP contribution in [0.15, 0.2) is 64.9 Å². The number of nitrogens with one attached hydrogen (secondary N) is 2. The van der Waals surface area contributed by atoms with Crippen LogP contribution in [0.1, 0.15) is 16.1 Å². The fourth-order valence-electron chi connectivity index (χ4n) is 2.56. The van der Waals surface area contributed by atoms with Gasteiger partial charge >= 0.3 is 5.97 Å². The Morgan fingerprint density at radius 2 is 1.73 bits per heavy atom. The van der Waals surface area contributed by atoms with E-state index in [-0.39, 0.29) is 17.9 Å². The van der Waals surface area contributed by atoms with E-state index in [4.69, 9.17) is 4.74 Å². The fourth-order valence-corrected chi connectivity index (χ4v) is 4.24. The number of hydrogen-bond donors (Lipinski definition) is 2. The quantitative estimate of drug-likeness (QED) is 0.512. The lowest BCUT2D eigenvalue weighted by Gasteiger charge is -2.08. The number of thiophene rings is 1. The van der Waals surface area contributed by atoms with Gasteiger partial charge in [0.05, 0.1) is 16.2 Å². The number of imide groups is 1. The Morgan fingerprint density at radius 3 is 2.47 bits per heavy atom. The molecule has 1 aromatic heterocycles. The third kappa shape index (κ3) is 5.72. The molecule has 0 aliphatic heterocycles. The van der Waals surface area contributed by atoms with Crippen LogP contribution in [0.4, 0.5) is 0 Å². The standard InChI is InChI=1S/C20H18N2O6S2/c23-18(22-20(25)17-6-3-11-29-17)13-28-19(24)9-10-21-30(26,27)16-8-7-14-4-1-2-5-15(14)12-16/h1-8,11-12,21H,9-10,13H2,(H,22,23,25). The molecule has 0 radical (unpaired) electrons. The van der Waals surface area contributed by atoms with Crippen LogP contribution in [0.2, 0.25) is 0 Å². The Kier molecular flexibility index (Phi) is 6.93. The van der Waals surface area contributed by atoms with Crippen molar-refractivity contribution in [3.63, 3.8) is 0 Å². The van der Waals surface area contributed by atoms with Crippen molar-refractivity contribution in [2.45, 2.75) is 11.3 Å². The van der Waals surface area contributed by atoms with Gasteiger partial charge in [0.2, 0.25) is 10.0 Å². The number of rotatable bonds is 8. The Bertz CT molecular complexity index is 1170. The van der Waals surface area contributed by atoms with Gasteiger partial charge in [-0.3, -0.25) is 19.7 Å². The normalized spacial score (nSPS) is 11.2. The van der Waals surface area contributed by atoms with Crippen molar-refractivity contribution in [1.29, 1.82) is 0 Å². The van der Waals surface area contributed by atoms with Crippen LogP contribution in [0.3, 0.4) is 0 Å². The maximum absolute atomic E-state index is 12.4. The summed E-state index contributed by atoms with van der Waals surface area (Å²) in [7, 11) is -3.80. The first-order chi connectivity index (χ1) is 14.3. The molecule has 3 aromatic rings. The van der Waals surface area contributed by atoms with E-state index in [1.165, 1.54) is 17.4 Å². The van der Waals surface area contributed by atoms with E-state index in [1.54, 1.807) is 35.7 Å². The molecule has 0 unspecified atom stereocenters. The van der Waals surface area contributed by atoms with E-state index in [0.717, 1.165) is 10.8 Å². The molecule has 0 saturated heterocycles. The topological polar surface area (TPSA) is 119 Å². The van der Waals surface area contributed by atoms with Crippen molar-refractivity contribution >= 4 is 49.9 Å². The van der Waals surface area contributed by atoms with E-state index >= 15 is 0 Å². The van der Waals surface area contributed by atoms with Gasteiger partial charge in [-0.25, -0.2) is 13.1 Å². The summed E-state index contributed by atoms with van der Waals surface area (Å²) >= 11 is 1.17. The summed E-state index contributed by atoms with van der Waals surface area (Å²) < 4.78 is 31.9. The van der Waals surface area contributed by atoms with Crippen molar-refractivity contribution in [1.82, 2.24) is 10.0 Å². The molecule has 0 aliphatic rings. The monoisotopic (exact) mass is 446 g/mol. The molecule has 2 amide bonds. The number of sulfonamides is 1. The molecule has 0 atom stereocenters. The minimum atomic E-state index is -3.80. The summed E-state index contributed by atoms with van der Waals surface area (Å²) in [6.45, 7) is -0.822. The first-order valence-electron chi connectivity index (χ1n) is 8.87. The Hall–Kier alpha value is -3.08. The number of fused-ring (bicyclic) bond motifs is 1.